The smallest absolute Gasteiger partial charge is 0.0459 e. The Bertz CT molecular complexity index is 239. The summed E-state index contributed by atoms with van der Waals surface area (Å²) in [6.07, 6.45) is 2.14. The molecule has 0 fully saturated rings. The molecular formula is C13H20O. The lowest BCUT2D eigenvalue weighted by molar-refractivity contribution is 0.209. The lowest BCUT2D eigenvalue weighted by atomic mass is 9.89. The third-order valence-electron chi connectivity index (χ3n) is 2.89. The van der Waals surface area contributed by atoms with Crippen LogP contribution in [0.5, 0.6) is 0 Å². The van der Waals surface area contributed by atoms with Crippen LogP contribution in [0.3, 0.4) is 0 Å². The van der Waals surface area contributed by atoms with E-state index in [1.165, 1.54) is 5.56 Å². The van der Waals surface area contributed by atoms with Crippen LogP contribution in [0.25, 0.3) is 0 Å². The topological polar surface area (TPSA) is 20.2 Å². The Morgan fingerprint density at radius 1 is 1.21 bits per heavy atom. The molecule has 0 spiro atoms. The van der Waals surface area contributed by atoms with Gasteiger partial charge in [-0.1, -0.05) is 50.6 Å². The standard InChI is InChI=1S/C13H20O/c1-3-12(10-14)9-11(2)13-7-5-4-6-8-13/h4-8,11-12,14H,3,9-10H2,1-2H3. The summed E-state index contributed by atoms with van der Waals surface area (Å²) in [5.74, 6) is 0.999. The van der Waals surface area contributed by atoms with Crippen LogP contribution in [-0.2, 0) is 0 Å². The lowest BCUT2D eigenvalue weighted by Crippen LogP contribution is -2.08. The van der Waals surface area contributed by atoms with Gasteiger partial charge in [-0.2, -0.15) is 0 Å². The molecule has 0 bridgehead atoms. The van der Waals surface area contributed by atoms with E-state index < -0.39 is 0 Å². The fraction of sp³-hybridized carbons (Fsp3) is 0.538. The molecule has 0 saturated heterocycles. The molecule has 2 atom stereocenters. The summed E-state index contributed by atoms with van der Waals surface area (Å²) in [6, 6.07) is 10.5. The molecule has 0 radical (unpaired) electrons. The lowest BCUT2D eigenvalue weighted by Gasteiger charge is -2.17. The maximum atomic E-state index is 9.12. The van der Waals surface area contributed by atoms with Gasteiger partial charge in [0, 0.05) is 6.61 Å². The van der Waals surface area contributed by atoms with Gasteiger partial charge in [0.15, 0.2) is 0 Å². The molecule has 1 rings (SSSR count). The first-order valence-corrected chi connectivity index (χ1v) is 5.43. The minimum absolute atomic E-state index is 0.313. The van der Waals surface area contributed by atoms with Gasteiger partial charge in [-0.05, 0) is 23.8 Å². The van der Waals surface area contributed by atoms with E-state index in [2.05, 4.69) is 38.1 Å². The number of aliphatic hydroxyl groups is 1. The summed E-state index contributed by atoms with van der Waals surface area (Å²) in [7, 11) is 0. The second-order valence-electron chi connectivity index (χ2n) is 4.00. The van der Waals surface area contributed by atoms with Gasteiger partial charge in [-0.15, -0.1) is 0 Å². The molecule has 0 aliphatic carbocycles. The van der Waals surface area contributed by atoms with Gasteiger partial charge in [-0.25, -0.2) is 0 Å². The maximum absolute atomic E-state index is 9.12. The summed E-state index contributed by atoms with van der Waals surface area (Å²) in [5, 5.41) is 9.12. The first-order chi connectivity index (χ1) is 6.77. The predicted octanol–water partition coefficient (Wildman–Crippen LogP) is 3.20. The van der Waals surface area contributed by atoms with Gasteiger partial charge in [0.1, 0.15) is 0 Å². The van der Waals surface area contributed by atoms with Crippen LogP contribution in [0, 0.1) is 5.92 Å². The molecule has 0 heterocycles. The van der Waals surface area contributed by atoms with E-state index in [-0.39, 0.29) is 0 Å². The van der Waals surface area contributed by atoms with Crippen molar-refractivity contribution in [3.05, 3.63) is 35.9 Å². The van der Waals surface area contributed by atoms with Crippen LogP contribution in [-0.4, -0.2) is 11.7 Å². The molecule has 2 unspecified atom stereocenters. The van der Waals surface area contributed by atoms with Crippen molar-refractivity contribution in [2.75, 3.05) is 6.61 Å². The minimum atomic E-state index is 0.313. The Hall–Kier alpha value is -0.820. The molecule has 78 valence electrons. The van der Waals surface area contributed by atoms with E-state index in [0.29, 0.717) is 18.4 Å². The molecule has 14 heavy (non-hydrogen) atoms. The largest absolute Gasteiger partial charge is 0.396 e. The number of hydrogen-bond donors (Lipinski definition) is 1. The highest BCUT2D eigenvalue weighted by atomic mass is 16.3. The molecule has 0 amide bonds. The second-order valence-corrected chi connectivity index (χ2v) is 4.00. The molecule has 1 nitrogen and oxygen atoms in total. The van der Waals surface area contributed by atoms with Crippen molar-refractivity contribution in [3.8, 4) is 0 Å². The van der Waals surface area contributed by atoms with Crippen molar-refractivity contribution in [1.29, 1.82) is 0 Å². The first-order valence-electron chi connectivity index (χ1n) is 5.43. The van der Waals surface area contributed by atoms with Crippen LogP contribution >= 0.6 is 0 Å². The fourth-order valence-electron chi connectivity index (χ4n) is 1.79. The molecule has 1 aromatic carbocycles. The Balaban J connectivity index is 2.54. The summed E-state index contributed by atoms with van der Waals surface area (Å²) in [6.45, 7) is 4.68. The normalized spacial score (nSPS) is 15.1. The number of aliphatic hydroxyl groups excluding tert-OH is 1. The molecule has 1 aromatic rings. The monoisotopic (exact) mass is 192 g/mol. The Kier molecular flexibility index (Phi) is 4.68. The van der Waals surface area contributed by atoms with Gasteiger partial charge in [0.2, 0.25) is 0 Å². The number of benzene rings is 1. The highest BCUT2D eigenvalue weighted by Crippen LogP contribution is 2.24. The fourth-order valence-corrected chi connectivity index (χ4v) is 1.79. The zero-order chi connectivity index (χ0) is 10.4. The van der Waals surface area contributed by atoms with Crippen molar-refractivity contribution in [1.82, 2.24) is 0 Å². The van der Waals surface area contributed by atoms with E-state index >= 15 is 0 Å². The van der Waals surface area contributed by atoms with E-state index in [1.807, 2.05) is 6.07 Å². The first kappa shape index (κ1) is 11.3. The highest BCUT2D eigenvalue weighted by Gasteiger charge is 2.11. The quantitative estimate of drug-likeness (QED) is 0.759. The molecule has 1 N–H and O–H groups in total. The van der Waals surface area contributed by atoms with Gasteiger partial charge in [0.25, 0.3) is 0 Å². The molecule has 1 heteroatoms. The van der Waals surface area contributed by atoms with Crippen molar-refractivity contribution in [3.63, 3.8) is 0 Å². The molecule has 0 aromatic heterocycles. The number of rotatable bonds is 5. The van der Waals surface area contributed by atoms with E-state index in [9.17, 15) is 0 Å². The van der Waals surface area contributed by atoms with Gasteiger partial charge in [-0.3, -0.25) is 0 Å². The van der Waals surface area contributed by atoms with Crippen LogP contribution in [0.4, 0.5) is 0 Å². The highest BCUT2D eigenvalue weighted by molar-refractivity contribution is 5.18. The second kappa shape index (κ2) is 5.82. The van der Waals surface area contributed by atoms with E-state index in [4.69, 9.17) is 5.11 Å². The van der Waals surface area contributed by atoms with Gasteiger partial charge >= 0.3 is 0 Å². The molecule has 0 saturated carbocycles. The zero-order valence-corrected chi connectivity index (χ0v) is 9.11. The van der Waals surface area contributed by atoms with Crippen molar-refractivity contribution in [2.45, 2.75) is 32.6 Å². The third kappa shape index (κ3) is 3.15. The predicted molar refractivity (Wildman–Crippen MR) is 60.3 cm³/mol. The zero-order valence-electron chi connectivity index (χ0n) is 9.11. The molecule has 0 aliphatic heterocycles. The SMILES string of the molecule is CCC(CO)CC(C)c1ccccc1. The minimum Gasteiger partial charge on any atom is -0.396 e. The molecular weight excluding hydrogens is 172 g/mol. The third-order valence-corrected chi connectivity index (χ3v) is 2.89. The van der Waals surface area contributed by atoms with Crippen molar-refractivity contribution >= 4 is 0 Å². The average Bonchev–Trinajstić information content (AvgIpc) is 2.26. The van der Waals surface area contributed by atoms with E-state index in [0.717, 1.165) is 12.8 Å². The summed E-state index contributed by atoms with van der Waals surface area (Å²) < 4.78 is 0. The van der Waals surface area contributed by atoms with Crippen LogP contribution < -0.4 is 0 Å². The summed E-state index contributed by atoms with van der Waals surface area (Å²) in [4.78, 5) is 0. The summed E-state index contributed by atoms with van der Waals surface area (Å²) in [5.41, 5.74) is 1.37. The van der Waals surface area contributed by atoms with Crippen LogP contribution in [0.1, 0.15) is 38.2 Å². The van der Waals surface area contributed by atoms with E-state index in [1.54, 1.807) is 0 Å². The van der Waals surface area contributed by atoms with Gasteiger partial charge in [0.05, 0.1) is 0 Å². The Labute approximate surface area is 86.8 Å². The Morgan fingerprint density at radius 2 is 1.86 bits per heavy atom. The van der Waals surface area contributed by atoms with Crippen LogP contribution in [0.2, 0.25) is 0 Å². The van der Waals surface area contributed by atoms with Crippen molar-refractivity contribution in [2.24, 2.45) is 5.92 Å². The average molecular weight is 192 g/mol. The van der Waals surface area contributed by atoms with Crippen LogP contribution in [0.15, 0.2) is 30.3 Å². The van der Waals surface area contributed by atoms with Gasteiger partial charge < -0.3 is 5.11 Å². The Morgan fingerprint density at radius 3 is 2.36 bits per heavy atom. The molecule has 0 aliphatic rings. The summed E-state index contributed by atoms with van der Waals surface area (Å²) >= 11 is 0. The maximum Gasteiger partial charge on any atom is 0.0459 e. The van der Waals surface area contributed by atoms with Crippen molar-refractivity contribution < 1.29 is 5.11 Å². The number of hydrogen-bond acceptors (Lipinski definition) is 1.